The van der Waals surface area contributed by atoms with Crippen molar-refractivity contribution in [2.75, 3.05) is 0 Å². The van der Waals surface area contributed by atoms with Gasteiger partial charge in [0.2, 0.25) is 0 Å². The van der Waals surface area contributed by atoms with Gasteiger partial charge >= 0.3 is 5.97 Å². The number of aliphatic carboxylic acids is 1. The van der Waals surface area contributed by atoms with E-state index in [1.807, 2.05) is 6.20 Å². The van der Waals surface area contributed by atoms with Gasteiger partial charge in [-0.15, -0.1) is 0 Å². The third kappa shape index (κ3) is 1.76. The average molecular weight is 257 g/mol. The number of aromatic amines is 1. The van der Waals surface area contributed by atoms with Crippen LogP contribution in [0.2, 0.25) is 0 Å². The van der Waals surface area contributed by atoms with Crippen LogP contribution in [0.3, 0.4) is 0 Å². The molecule has 0 unspecified atom stereocenters. The van der Waals surface area contributed by atoms with Crippen LogP contribution < -0.4 is 0 Å². The van der Waals surface area contributed by atoms with Crippen molar-refractivity contribution in [1.82, 2.24) is 4.98 Å². The van der Waals surface area contributed by atoms with E-state index in [2.05, 4.69) is 44.0 Å². The van der Waals surface area contributed by atoms with Crippen molar-refractivity contribution in [3.8, 4) is 0 Å². The number of carbonyl (C=O) groups is 1. The molecule has 1 aliphatic carbocycles. The SMILES string of the molecule is CC(C)(C)c1ccc2[nH]cc(C3(C(=O)O)CC3)c2c1. The van der Waals surface area contributed by atoms with Crippen molar-refractivity contribution in [1.29, 1.82) is 0 Å². The summed E-state index contributed by atoms with van der Waals surface area (Å²) in [7, 11) is 0. The summed E-state index contributed by atoms with van der Waals surface area (Å²) in [5, 5.41) is 10.5. The summed E-state index contributed by atoms with van der Waals surface area (Å²) in [6.07, 6.45) is 3.36. The summed E-state index contributed by atoms with van der Waals surface area (Å²) in [5.74, 6) is -0.699. The van der Waals surface area contributed by atoms with Crippen LogP contribution in [-0.4, -0.2) is 16.1 Å². The maximum absolute atomic E-state index is 11.5. The van der Waals surface area contributed by atoms with Gasteiger partial charge in [-0.25, -0.2) is 0 Å². The summed E-state index contributed by atoms with van der Waals surface area (Å²) in [4.78, 5) is 14.7. The summed E-state index contributed by atoms with van der Waals surface area (Å²) in [5.41, 5.74) is 2.64. The molecule has 0 atom stereocenters. The zero-order chi connectivity index (χ0) is 13.8. The van der Waals surface area contributed by atoms with Crippen molar-refractivity contribution in [2.24, 2.45) is 0 Å². The van der Waals surface area contributed by atoms with Crippen LogP contribution in [0.5, 0.6) is 0 Å². The first kappa shape index (κ1) is 12.3. The molecule has 19 heavy (non-hydrogen) atoms. The Hall–Kier alpha value is -1.77. The van der Waals surface area contributed by atoms with Gasteiger partial charge < -0.3 is 10.1 Å². The number of nitrogens with one attached hydrogen (secondary N) is 1. The lowest BCUT2D eigenvalue weighted by molar-refractivity contribution is -0.140. The molecule has 0 aliphatic heterocycles. The molecule has 3 heteroatoms. The second-order valence-electron chi connectivity index (χ2n) is 6.60. The van der Waals surface area contributed by atoms with Crippen LogP contribution in [0.1, 0.15) is 44.7 Å². The van der Waals surface area contributed by atoms with Crippen LogP contribution in [0.15, 0.2) is 24.4 Å². The molecule has 1 heterocycles. The molecular weight excluding hydrogens is 238 g/mol. The van der Waals surface area contributed by atoms with Crippen molar-refractivity contribution < 1.29 is 9.90 Å². The monoisotopic (exact) mass is 257 g/mol. The first-order chi connectivity index (χ1) is 8.84. The van der Waals surface area contributed by atoms with E-state index in [1.165, 1.54) is 5.56 Å². The first-order valence-electron chi connectivity index (χ1n) is 6.70. The summed E-state index contributed by atoms with van der Waals surface area (Å²) in [6, 6.07) is 6.31. The van der Waals surface area contributed by atoms with Crippen LogP contribution in [0.25, 0.3) is 10.9 Å². The van der Waals surface area contributed by atoms with Gasteiger partial charge in [-0.1, -0.05) is 26.8 Å². The lowest BCUT2D eigenvalue weighted by Crippen LogP contribution is -2.19. The summed E-state index contributed by atoms with van der Waals surface area (Å²) < 4.78 is 0. The van der Waals surface area contributed by atoms with E-state index in [1.54, 1.807) is 0 Å². The molecule has 0 saturated heterocycles. The molecule has 3 rings (SSSR count). The molecule has 1 aromatic carbocycles. The molecule has 1 saturated carbocycles. The predicted molar refractivity (Wildman–Crippen MR) is 75.5 cm³/mol. The highest BCUT2D eigenvalue weighted by Gasteiger charge is 2.53. The molecule has 2 aromatic rings. The fraction of sp³-hybridized carbons (Fsp3) is 0.438. The van der Waals surface area contributed by atoms with Crippen LogP contribution in [0.4, 0.5) is 0 Å². The molecule has 100 valence electrons. The third-order valence-corrected chi connectivity index (χ3v) is 4.22. The predicted octanol–water partition coefficient (Wildman–Crippen LogP) is 3.58. The summed E-state index contributed by atoms with van der Waals surface area (Å²) >= 11 is 0. The van der Waals surface area contributed by atoms with Crippen molar-refractivity contribution in [3.63, 3.8) is 0 Å². The van der Waals surface area contributed by atoms with Gasteiger partial charge in [0, 0.05) is 17.1 Å². The smallest absolute Gasteiger partial charge is 0.314 e. The van der Waals surface area contributed by atoms with Gasteiger partial charge in [-0.2, -0.15) is 0 Å². The number of benzene rings is 1. The lowest BCUT2D eigenvalue weighted by atomic mass is 9.85. The highest BCUT2D eigenvalue weighted by molar-refractivity contribution is 5.94. The molecule has 3 nitrogen and oxygen atoms in total. The van der Waals surface area contributed by atoms with E-state index < -0.39 is 11.4 Å². The number of H-pyrrole nitrogens is 1. The minimum absolute atomic E-state index is 0.0721. The van der Waals surface area contributed by atoms with Crippen LogP contribution >= 0.6 is 0 Å². The van der Waals surface area contributed by atoms with E-state index >= 15 is 0 Å². The molecule has 0 spiro atoms. The third-order valence-electron chi connectivity index (χ3n) is 4.22. The number of fused-ring (bicyclic) bond motifs is 1. The van der Waals surface area contributed by atoms with Gasteiger partial charge in [0.1, 0.15) is 0 Å². The van der Waals surface area contributed by atoms with E-state index in [0.717, 1.165) is 29.3 Å². The Balaban J connectivity index is 2.20. The Morgan fingerprint density at radius 2 is 2.00 bits per heavy atom. The van der Waals surface area contributed by atoms with E-state index in [0.29, 0.717) is 0 Å². The van der Waals surface area contributed by atoms with Crippen molar-refractivity contribution in [3.05, 3.63) is 35.5 Å². The number of hydrogen-bond donors (Lipinski definition) is 2. The van der Waals surface area contributed by atoms with E-state index in [-0.39, 0.29) is 5.41 Å². The molecule has 0 amide bonds. The molecule has 1 fully saturated rings. The number of carboxylic acid groups (broad SMARTS) is 1. The Labute approximate surface area is 112 Å². The van der Waals surface area contributed by atoms with Crippen LogP contribution in [0, 0.1) is 0 Å². The van der Waals surface area contributed by atoms with Gasteiger partial charge in [0.05, 0.1) is 5.41 Å². The zero-order valence-electron chi connectivity index (χ0n) is 11.6. The largest absolute Gasteiger partial charge is 0.481 e. The van der Waals surface area contributed by atoms with Crippen molar-refractivity contribution >= 4 is 16.9 Å². The highest BCUT2D eigenvalue weighted by Crippen LogP contribution is 2.50. The lowest BCUT2D eigenvalue weighted by Gasteiger charge is -2.19. The minimum Gasteiger partial charge on any atom is -0.481 e. The average Bonchev–Trinajstić information content (AvgIpc) is 3.02. The van der Waals surface area contributed by atoms with Gasteiger partial charge in [0.15, 0.2) is 0 Å². The Morgan fingerprint density at radius 1 is 1.32 bits per heavy atom. The van der Waals surface area contributed by atoms with Crippen LogP contribution in [-0.2, 0) is 15.6 Å². The fourth-order valence-electron chi connectivity index (χ4n) is 2.71. The number of hydrogen-bond acceptors (Lipinski definition) is 1. The normalized spacial score (nSPS) is 17.6. The topological polar surface area (TPSA) is 53.1 Å². The number of aromatic nitrogens is 1. The molecule has 2 N–H and O–H groups in total. The second-order valence-corrected chi connectivity index (χ2v) is 6.60. The van der Waals surface area contributed by atoms with E-state index in [9.17, 15) is 9.90 Å². The fourth-order valence-corrected chi connectivity index (χ4v) is 2.71. The Bertz CT molecular complexity index is 657. The van der Waals surface area contributed by atoms with E-state index in [4.69, 9.17) is 0 Å². The molecule has 0 bridgehead atoms. The molecule has 1 aromatic heterocycles. The Kier molecular flexibility index (Phi) is 2.34. The number of rotatable bonds is 2. The Morgan fingerprint density at radius 3 is 2.53 bits per heavy atom. The second kappa shape index (κ2) is 3.62. The quantitative estimate of drug-likeness (QED) is 0.864. The van der Waals surface area contributed by atoms with Crippen molar-refractivity contribution in [2.45, 2.75) is 44.4 Å². The van der Waals surface area contributed by atoms with Gasteiger partial charge in [-0.3, -0.25) is 4.79 Å². The first-order valence-corrected chi connectivity index (χ1v) is 6.70. The van der Waals surface area contributed by atoms with Gasteiger partial charge in [0.25, 0.3) is 0 Å². The maximum atomic E-state index is 11.5. The minimum atomic E-state index is -0.699. The number of carboxylic acids is 1. The summed E-state index contributed by atoms with van der Waals surface area (Å²) in [6.45, 7) is 6.51. The maximum Gasteiger partial charge on any atom is 0.314 e. The zero-order valence-corrected chi connectivity index (χ0v) is 11.6. The standard InChI is InChI=1S/C16H19NO2/c1-15(2,3)10-4-5-13-11(8-10)12(9-17-13)16(6-7-16)14(18)19/h4-5,8-9,17H,6-7H2,1-3H3,(H,18,19). The molecule has 0 radical (unpaired) electrons. The molecular formula is C16H19NO2. The van der Waals surface area contributed by atoms with Gasteiger partial charge in [-0.05, 0) is 41.5 Å². The molecule has 1 aliphatic rings. The highest BCUT2D eigenvalue weighted by atomic mass is 16.4.